The van der Waals surface area contributed by atoms with E-state index in [-0.39, 0.29) is 0 Å². The molecule has 0 saturated heterocycles. The lowest BCUT2D eigenvalue weighted by atomic mass is 10.3. The van der Waals surface area contributed by atoms with E-state index in [1.807, 2.05) is 0 Å². The minimum absolute atomic E-state index is 0.658. The number of hydrogen-bond donors (Lipinski definition) is 1. The fraction of sp³-hybridized carbons (Fsp3) is 0.333. The van der Waals surface area contributed by atoms with E-state index in [0.29, 0.717) is 10.6 Å². The standard InChI is InChI=1S/C9H15N3OS/c1-11-14(13,12(2)3)9-6-4-8(10)5-7-9/h4-7H,10H2,1-3H3. The van der Waals surface area contributed by atoms with E-state index in [2.05, 4.69) is 4.36 Å². The number of hydrogen-bond acceptors (Lipinski definition) is 3. The monoisotopic (exact) mass is 213 g/mol. The van der Waals surface area contributed by atoms with E-state index in [1.54, 1.807) is 49.7 Å². The predicted molar refractivity (Wildman–Crippen MR) is 59.3 cm³/mol. The minimum Gasteiger partial charge on any atom is -0.399 e. The summed E-state index contributed by atoms with van der Waals surface area (Å²) in [7, 11) is 2.60. The van der Waals surface area contributed by atoms with Crippen LogP contribution >= 0.6 is 0 Å². The zero-order chi connectivity index (χ0) is 10.8. The first kappa shape index (κ1) is 11.0. The van der Waals surface area contributed by atoms with Gasteiger partial charge in [0.05, 0.1) is 4.90 Å². The Morgan fingerprint density at radius 2 is 1.79 bits per heavy atom. The van der Waals surface area contributed by atoms with Crippen LogP contribution in [0.15, 0.2) is 33.5 Å². The van der Waals surface area contributed by atoms with Gasteiger partial charge in [-0.25, -0.2) is 12.9 Å². The van der Waals surface area contributed by atoms with Gasteiger partial charge in [0.2, 0.25) is 0 Å². The highest BCUT2D eigenvalue weighted by Gasteiger charge is 2.13. The molecule has 78 valence electrons. The molecule has 1 atom stereocenters. The molecule has 0 aliphatic carbocycles. The van der Waals surface area contributed by atoms with Crippen LogP contribution in [0.4, 0.5) is 5.69 Å². The molecule has 1 rings (SSSR count). The SMILES string of the molecule is CN=S(=O)(c1ccc(N)cc1)N(C)C. The van der Waals surface area contributed by atoms with Crippen molar-refractivity contribution >= 4 is 15.6 Å². The van der Waals surface area contributed by atoms with Crippen LogP contribution in [-0.2, 0) is 9.92 Å². The van der Waals surface area contributed by atoms with Gasteiger partial charge in [0.15, 0.2) is 0 Å². The quantitative estimate of drug-likeness (QED) is 0.750. The van der Waals surface area contributed by atoms with Crippen molar-refractivity contribution in [3.63, 3.8) is 0 Å². The second-order valence-electron chi connectivity index (χ2n) is 3.06. The molecule has 1 unspecified atom stereocenters. The van der Waals surface area contributed by atoms with Crippen LogP contribution in [0, 0.1) is 0 Å². The fourth-order valence-electron chi connectivity index (χ4n) is 1.12. The molecule has 0 aliphatic heterocycles. The molecule has 1 aromatic carbocycles. The summed E-state index contributed by atoms with van der Waals surface area (Å²) in [4.78, 5) is 0.680. The van der Waals surface area contributed by atoms with Crippen molar-refractivity contribution in [3.05, 3.63) is 24.3 Å². The van der Waals surface area contributed by atoms with Gasteiger partial charge < -0.3 is 5.73 Å². The van der Waals surface area contributed by atoms with Gasteiger partial charge in [-0.3, -0.25) is 0 Å². The summed E-state index contributed by atoms with van der Waals surface area (Å²) in [5, 5.41) is 0. The highest BCUT2D eigenvalue weighted by atomic mass is 32.2. The first-order valence-electron chi connectivity index (χ1n) is 4.19. The van der Waals surface area contributed by atoms with E-state index in [0.717, 1.165) is 0 Å². The highest BCUT2D eigenvalue weighted by molar-refractivity contribution is 7.91. The van der Waals surface area contributed by atoms with Gasteiger partial charge in [0.1, 0.15) is 9.92 Å². The van der Waals surface area contributed by atoms with Crippen LogP contribution < -0.4 is 5.73 Å². The average Bonchev–Trinajstić information content (AvgIpc) is 2.17. The molecule has 0 spiro atoms. The first-order valence-corrected chi connectivity index (χ1v) is 5.66. The van der Waals surface area contributed by atoms with Gasteiger partial charge in [0, 0.05) is 26.8 Å². The Morgan fingerprint density at radius 3 is 2.14 bits per heavy atom. The second-order valence-corrected chi connectivity index (χ2v) is 5.62. The van der Waals surface area contributed by atoms with Crippen molar-refractivity contribution in [2.45, 2.75) is 4.90 Å². The summed E-state index contributed by atoms with van der Waals surface area (Å²) in [6, 6.07) is 6.93. The lowest BCUT2D eigenvalue weighted by Gasteiger charge is -2.16. The Hall–Kier alpha value is -1.07. The highest BCUT2D eigenvalue weighted by Crippen LogP contribution is 2.16. The lowest BCUT2D eigenvalue weighted by Crippen LogP contribution is -2.21. The molecule has 0 fully saturated rings. The van der Waals surface area contributed by atoms with E-state index in [1.165, 1.54) is 0 Å². The number of rotatable bonds is 2. The van der Waals surface area contributed by atoms with Crippen molar-refractivity contribution in [1.82, 2.24) is 4.31 Å². The van der Waals surface area contributed by atoms with E-state index >= 15 is 0 Å². The van der Waals surface area contributed by atoms with Gasteiger partial charge in [-0.1, -0.05) is 0 Å². The van der Waals surface area contributed by atoms with Gasteiger partial charge in [-0.2, -0.15) is 0 Å². The van der Waals surface area contributed by atoms with Crippen molar-refractivity contribution in [3.8, 4) is 0 Å². The number of nitrogens with two attached hydrogens (primary N) is 1. The third kappa shape index (κ3) is 1.88. The third-order valence-electron chi connectivity index (χ3n) is 1.93. The smallest absolute Gasteiger partial charge is 0.139 e. The largest absolute Gasteiger partial charge is 0.399 e. The molecule has 0 radical (unpaired) electrons. The van der Waals surface area contributed by atoms with Crippen molar-refractivity contribution in [2.75, 3.05) is 26.9 Å². The van der Waals surface area contributed by atoms with Crippen LogP contribution in [0.2, 0.25) is 0 Å². The topological polar surface area (TPSA) is 58.7 Å². The summed E-state index contributed by atoms with van der Waals surface area (Å²) < 4.78 is 17.8. The van der Waals surface area contributed by atoms with E-state index < -0.39 is 9.92 Å². The number of benzene rings is 1. The summed E-state index contributed by atoms with van der Waals surface area (Å²) in [6.07, 6.45) is 0. The summed E-state index contributed by atoms with van der Waals surface area (Å²) >= 11 is 0. The van der Waals surface area contributed by atoms with Crippen LogP contribution in [-0.4, -0.2) is 29.7 Å². The van der Waals surface area contributed by atoms with E-state index in [9.17, 15) is 4.21 Å². The molecule has 5 heteroatoms. The van der Waals surface area contributed by atoms with Crippen LogP contribution in [0.5, 0.6) is 0 Å². The van der Waals surface area contributed by atoms with Gasteiger partial charge in [0.25, 0.3) is 0 Å². The van der Waals surface area contributed by atoms with Gasteiger partial charge in [-0.15, -0.1) is 0 Å². The maximum atomic E-state index is 12.3. The average molecular weight is 213 g/mol. The number of nitrogen functional groups attached to an aromatic ring is 1. The third-order valence-corrected chi connectivity index (χ3v) is 4.30. The van der Waals surface area contributed by atoms with Crippen LogP contribution in [0.1, 0.15) is 0 Å². The molecule has 0 heterocycles. The van der Waals surface area contributed by atoms with Crippen molar-refractivity contribution < 1.29 is 4.21 Å². The Balaban J connectivity index is 3.29. The Labute approximate surface area is 85.0 Å². The molecule has 0 aromatic heterocycles. The molecule has 14 heavy (non-hydrogen) atoms. The Kier molecular flexibility index (Phi) is 3.13. The molecular formula is C9H15N3OS. The summed E-state index contributed by atoms with van der Waals surface area (Å²) in [6.45, 7) is 0. The molecule has 0 saturated carbocycles. The normalized spacial score (nSPS) is 15.1. The summed E-state index contributed by atoms with van der Waals surface area (Å²) in [5.74, 6) is 0. The molecule has 2 N–H and O–H groups in total. The number of anilines is 1. The maximum Gasteiger partial charge on any atom is 0.139 e. The van der Waals surface area contributed by atoms with Crippen molar-refractivity contribution in [2.24, 2.45) is 4.36 Å². The minimum atomic E-state index is -2.44. The molecule has 0 aliphatic rings. The van der Waals surface area contributed by atoms with Crippen LogP contribution in [0.3, 0.4) is 0 Å². The maximum absolute atomic E-state index is 12.3. The number of nitrogens with zero attached hydrogens (tertiary/aromatic N) is 2. The molecular weight excluding hydrogens is 198 g/mol. The molecule has 0 amide bonds. The zero-order valence-electron chi connectivity index (χ0n) is 8.60. The lowest BCUT2D eigenvalue weighted by molar-refractivity contribution is 0.591. The van der Waals surface area contributed by atoms with Gasteiger partial charge in [-0.05, 0) is 24.3 Å². The molecule has 1 aromatic rings. The van der Waals surface area contributed by atoms with Gasteiger partial charge >= 0.3 is 0 Å². The predicted octanol–water partition coefficient (Wildman–Crippen LogP) is 1.20. The second kappa shape index (κ2) is 3.98. The first-order chi connectivity index (χ1) is 6.50. The molecule has 0 bridgehead atoms. The molecule has 4 nitrogen and oxygen atoms in total. The van der Waals surface area contributed by atoms with Crippen LogP contribution in [0.25, 0.3) is 0 Å². The fourth-order valence-corrected chi connectivity index (χ4v) is 2.57. The Bertz CT molecular complexity index is 416. The zero-order valence-corrected chi connectivity index (χ0v) is 9.41. The Morgan fingerprint density at radius 1 is 1.29 bits per heavy atom. The van der Waals surface area contributed by atoms with E-state index in [4.69, 9.17) is 5.73 Å². The summed E-state index contributed by atoms with van der Waals surface area (Å²) in [5.41, 5.74) is 6.21. The van der Waals surface area contributed by atoms with Crippen molar-refractivity contribution in [1.29, 1.82) is 0 Å².